The summed E-state index contributed by atoms with van der Waals surface area (Å²) in [5.74, 6) is 0.843. The van der Waals surface area contributed by atoms with E-state index in [9.17, 15) is 5.11 Å². The molecule has 0 saturated heterocycles. The van der Waals surface area contributed by atoms with Crippen LogP contribution in [-0.4, -0.2) is 30.8 Å². The summed E-state index contributed by atoms with van der Waals surface area (Å²) in [6.45, 7) is 1.78. The molecular weight excluding hydrogens is 254 g/mol. The third-order valence-electron chi connectivity index (χ3n) is 3.86. The number of nitrogen functional groups attached to an aromatic ring is 1. The highest BCUT2D eigenvalue weighted by Crippen LogP contribution is 2.46. The van der Waals surface area contributed by atoms with Gasteiger partial charge in [0.25, 0.3) is 0 Å². The smallest absolute Gasteiger partial charge is 0.238 e. The van der Waals surface area contributed by atoms with Crippen LogP contribution in [0.1, 0.15) is 32.0 Å². The highest BCUT2D eigenvalue weighted by Gasteiger charge is 2.47. The van der Waals surface area contributed by atoms with E-state index in [1.54, 1.807) is 17.6 Å². The van der Waals surface area contributed by atoms with Gasteiger partial charge in [-0.3, -0.25) is 0 Å². The summed E-state index contributed by atoms with van der Waals surface area (Å²) in [4.78, 5) is 8.27. The topological polar surface area (TPSA) is 89.3 Å². The maximum absolute atomic E-state index is 10.0. The van der Waals surface area contributed by atoms with Crippen LogP contribution in [0.5, 0.6) is 0 Å². The highest BCUT2D eigenvalue weighted by atomic mass is 35.5. The first kappa shape index (κ1) is 11.7. The summed E-state index contributed by atoms with van der Waals surface area (Å²) in [7, 11) is 0. The Morgan fingerprint density at radius 2 is 2.28 bits per heavy atom. The molecule has 0 radical (unpaired) electrons. The molecule has 2 aromatic rings. The number of hydrogen-bond donors (Lipinski definition) is 2. The SMILES string of the molecule is CC(O)C1(c2nc(Cl)c3cnc(N)nn23)CCC1. The number of imidazole rings is 1. The Morgan fingerprint density at radius 3 is 2.83 bits per heavy atom. The predicted molar refractivity (Wildman–Crippen MR) is 67.4 cm³/mol. The summed E-state index contributed by atoms with van der Waals surface area (Å²) < 4.78 is 1.61. The number of aromatic nitrogens is 4. The van der Waals surface area contributed by atoms with E-state index in [0.717, 1.165) is 19.3 Å². The molecule has 3 N–H and O–H groups in total. The van der Waals surface area contributed by atoms with Crippen LogP contribution in [0.15, 0.2) is 6.20 Å². The number of anilines is 1. The molecule has 0 bridgehead atoms. The summed E-state index contributed by atoms with van der Waals surface area (Å²) >= 11 is 6.09. The van der Waals surface area contributed by atoms with Gasteiger partial charge in [-0.1, -0.05) is 18.0 Å². The largest absolute Gasteiger partial charge is 0.392 e. The van der Waals surface area contributed by atoms with Gasteiger partial charge >= 0.3 is 0 Å². The van der Waals surface area contributed by atoms with Crippen LogP contribution >= 0.6 is 11.6 Å². The minimum absolute atomic E-state index is 0.165. The van der Waals surface area contributed by atoms with Gasteiger partial charge in [-0.25, -0.2) is 14.5 Å². The molecule has 0 amide bonds. The van der Waals surface area contributed by atoms with Crippen LogP contribution in [0, 0.1) is 0 Å². The number of aliphatic hydroxyl groups is 1. The molecule has 7 heteroatoms. The third-order valence-corrected chi connectivity index (χ3v) is 4.13. The first-order chi connectivity index (χ1) is 8.54. The summed E-state index contributed by atoms with van der Waals surface area (Å²) in [6, 6.07) is 0. The van der Waals surface area contributed by atoms with Crippen molar-refractivity contribution in [2.75, 3.05) is 5.73 Å². The Labute approximate surface area is 109 Å². The van der Waals surface area contributed by atoms with Crippen molar-refractivity contribution in [3.8, 4) is 0 Å². The number of halogens is 1. The number of fused-ring (bicyclic) bond motifs is 1. The van der Waals surface area contributed by atoms with Gasteiger partial charge in [-0.15, -0.1) is 5.10 Å². The quantitative estimate of drug-likeness (QED) is 0.852. The van der Waals surface area contributed by atoms with Crippen molar-refractivity contribution >= 4 is 23.1 Å². The second-order valence-corrected chi connectivity index (χ2v) is 5.18. The van der Waals surface area contributed by atoms with Gasteiger partial charge in [0.15, 0.2) is 5.15 Å². The van der Waals surface area contributed by atoms with Gasteiger partial charge < -0.3 is 10.8 Å². The molecule has 1 saturated carbocycles. The lowest BCUT2D eigenvalue weighted by molar-refractivity contribution is 0.0347. The number of rotatable bonds is 2. The van der Waals surface area contributed by atoms with E-state index in [0.29, 0.717) is 16.5 Å². The van der Waals surface area contributed by atoms with Crippen LogP contribution in [0.25, 0.3) is 5.52 Å². The second kappa shape index (κ2) is 3.80. The molecule has 3 rings (SSSR count). The van der Waals surface area contributed by atoms with E-state index in [4.69, 9.17) is 17.3 Å². The molecule has 0 aliphatic heterocycles. The van der Waals surface area contributed by atoms with Crippen LogP contribution in [0.3, 0.4) is 0 Å². The molecule has 18 heavy (non-hydrogen) atoms. The molecule has 0 aromatic carbocycles. The summed E-state index contributed by atoms with van der Waals surface area (Å²) in [5, 5.41) is 14.5. The first-order valence-corrected chi connectivity index (χ1v) is 6.28. The standard InChI is InChI=1S/C11H14ClN5O/c1-6(18)11(3-2-4-11)9-15-8(12)7-5-14-10(13)16-17(7)9/h5-6,18H,2-4H2,1H3,(H2,13,16). The molecule has 1 aliphatic rings. The van der Waals surface area contributed by atoms with Crippen molar-refractivity contribution in [2.24, 2.45) is 0 Å². The molecule has 2 aromatic heterocycles. The van der Waals surface area contributed by atoms with E-state index >= 15 is 0 Å². The Bertz CT molecular complexity index is 605. The van der Waals surface area contributed by atoms with Gasteiger partial charge in [0.1, 0.15) is 11.3 Å². The molecule has 1 unspecified atom stereocenters. The van der Waals surface area contributed by atoms with Crippen LogP contribution in [-0.2, 0) is 5.41 Å². The molecule has 1 fully saturated rings. The Balaban J connectivity index is 2.26. The van der Waals surface area contributed by atoms with Crippen molar-refractivity contribution in [1.82, 2.24) is 19.6 Å². The average Bonchev–Trinajstić information content (AvgIpc) is 2.54. The lowest BCUT2D eigenvalue weighted by Gasteiger charge is -2.42. The van der Waals surface area contributed by atoms with E-state index < -0.39 is 6.10 Å². The molecule has 6 nitrogen and oxygen atoms in total. The van der Waals surface area contributed by atoms with Gasteiger partial charge in [0.2, 0.25) is 5.95 Å². The molecular formula is C11H14ClN5O. The van der Waals surface area contributed by atoms with Crippen molar-refractivity contribution in [3.63, 3.8) is 0 Å². The molecule has 0 spiro atoms. The minimum atomic E-state index is -0.496. The molecule has 1 aliphatic carbocycles. The Kier molecular flexibility index (Phi) is 2.46. The third kappa shape index (κ3) is 1.42. The Hall–Kier alpha value is -1.40. The number of hydrogen-bond acceptors (Lipinski definition) is 5. The molecule has 2 heterocycles. The highest BCUT2D eigenvalue weighted by molar-refractivity contribution is 6.32. The zero-order chi connectivity index (χ0) is 12.9. The van der Waals surface area contributed by atoms with Gasteiger partial charge in [-0.05, 0) is 19.8 Å². The fraction of sp³-hybridized carbons (Fsp3) is 0.545. The average molecular weight is 268 g/mol. The van der Waals surface area contributed by atoms with Gasteiger partial charge in [0, 0.05) is 0 Å². The Morgan fingerprint density at radius 1 is 1.56 bits per heavy atom. The van der Waals surface area contributed by atoms with E-state index in [2.05, 4.69) is 15.1 Å². The minimum Gasteiger partial charge on any atom is -0.392 e. The van der Waals surface area contributed by atoms with Crippen molar-refractivity contribution < 1.29 is 5.11 Å². The zero-order valence-corrected chi connectivity index (χ0v) is 10.7. The van der Waals surface area contributed by atoms with Crippen LogP contribution in [0.4, 0.5) is 5.95 Å². The predicted octanol–water partition coefficient (Wildman–Crippen LogP) is 1.16. The van der Waals surface area contributed by atoms with E-state index in [-0.39, 0.29) is 11.4 Å². The number of nitrogens with two attached hydrogens (primary N) is 1. The maximum atomic E-state index is 10.0. The van der Waals surface area contributed by atoms with Gasteiger partial charge in [-0.2, -0.15) is 0 Å². The lowest BCUT2D eigenvalue weighted by atomic mass is 9.65. The van der Waals surface area contributed by atoms with Crippen LogP contribution in [0.2, 0.25) is 5.15 Å². The van der Waals surface area contributed by atoms with Crippen molar-refractivity contribution in [3.05, 3.63) is 17.2 Å². The fourth-order valence-electron chi connectivity index (χ4n) is 2.57. The fourth-order valence-corrected chi connectivity index (χ4v) is 2.78. The summed E-state index contributed by atoms with van der Waals surface area (Å²) in [5.41, 5.74) is 5.86. The number of aliphatic hydroxyl groups excluding tert-OH is 1. The first-order valence-electron chi connectivity index (χ1n) is 5.90. The van der Waals surface area contributed by atoms with Gasteiger partial charge in [0.05, 0.1) is 17.7 Å². The summed E-state index contributed by atoms with van der Waals surface area (Å²) in [6.07, 6.45) is 3.88. The molecule has 96 valence electrons. The molecule has 1 atom stereocenters. The second-order valence-electron chi connectivity index (χ2n) is 4.83. The maximum Gasteiger partial charge on any atom is 0.238 e. The van der Waals surface area contributed by atoms with E-state index in [1.807, 2.05) is 0 Å². The monoisotopic (exact) mass is 267 g/mol. The normalized spacial score (nSPS) is 19.7. The van der Waals surface area contributed by atoms with E-state index in [1.165, 1.54) is 0 Å². The number of nitrogens with zero attached hydrogens (tertiary/aromatic N) is 4. The lowest BCUT2D eigenvalue weighted by Crippen LogP contribution is -2.45. The van der Waals surface area contributed by atoms with Crippen molar-refractivity contribution in [2.45, 2.75) is 37.7 Å². The van der Waals surface area contributed by atoms with Crippen molar-refractivity contribution in [1.29, 1.82) is 0 Å². The van der Waals surface area contributed by atoms with Crippen LogP contribution < -0.4 is 5.73 Å². The zero-order valence-electron chi connectivity index (χ0n) is 9.97.